The Morgan fingerprint density at radius 2 is 1.93 bits per heavy atom. The monoisotopic (exact) mass is 573 g/mol. The van der Waals surface area contributed by atoms with Gasteiger partial charge >= 0.3 is 11.9 Å². The van der Waals surface area contributed by atoms with Crippen molar-refractivity contribution < 1.29 is 13.2 Å². The molecule has 0 amide bonds. The summed E-state index contributed by atoms with van der Waals surface area (Å²) >= 11 is 0. The summed E-state index contributed by atoms with van der Waals surface area (Å²) in [4.78, 5) is 18.3. The van der Waals surface area contributed by atoms with Crippen molar-refractivity contribution in [3.05, 3.63) is 40.1 Å². The third kappa shape index (κ3) is 5.68. The highest BCUT2D eigenvalue weighted by Crippen LogP contribution is 2.48. The van der Waals surface area contributed by atoms with Gasteiger partial charge in [-0.1, -0.05) is 26.2 Å². The number of hydrogen-bond acceptors (Lipinski definition) is 6. The zero-order chi connectivity index (χ0) is 28.9. The molecule has 11 heteroatoms. The van der Waals surface area contributed by atoms with E-state index in [9.17, 15) is 23.2 Å². The number of fused-ring (bicyclic) bond motifs is 1. The molecule has 4 aliphatic rings. The van der Waals surface area contributed by atoms with Crippen LogP contribution < -0.4 is 16.5 Å². The van der Waals surface area contributed by atoms with Crippen molar-refractivity contribution in [2.75, 3.05) is 26.8 Å². The summed E-state index contributed by atoms with van der Waals surface area (Å²) in [7, 11) is 2.08. The fourth-order valence-corrected chi connectivity index (χ4v) is 8.10. The first-order valence-corrected chi connectivity index (χ1v) is 15.3. The zero-order valence-electron chi connectivity index (χ0n) is 24.0. The topological polar surface area (TPSA) is 80.7 Å². The summed E-state index contributed by atoms with van der Waals surface area (Å²) in [6.07, 6.45) is 6.13. The molecule has 2 aromatic rings. The van der Waals surface area contributed by atoms with Gasteiger partial charge in [0.05, 0.1) is 30.0 Å². The van der Waals surface area contributed by atoms with Crippen LogP contribution in [0.2, 0.25) is 0 Å². The molecule has 2 saturated carbocycles. The molecule has 6 atom stereocenters. The second-order valence-corrected chi connectivity index (χ2v) is 13.2. The molecule has 8 nitrogen and oxygen atoms in total. The average Bonchev–Trinajstić information content (AvgIpc) is 3.47. The fourth-order valence-electron chi connectivity index (χ4n) is 8.10. The normalized spacial score (nSPS) is 31.3. The average molecular weight is 574 g/mol. The summed E-state index contributed by atoms with van der Waals surface area (Å²) in [5.74, 6) is 1.30. The number of nitrogens with one attached hydrogen (secondary N) is 2. The van der Waals surface area contributed by atoms with Crippen LogP contribution in [0, 0.1) is 40.9 Å². The van der Waals surface area contributed by atoms with Crippen LogP contribution in [0.25, 0.3) is 5.52 Å². The lowest BCUT2D eigenvalue weighted by molar-refractivity contribution is -0.136. The molecule has 4 fully saturated rings. The van der Waals surface area contributed by atoms with Gasteiger partial charge in [-0.15, -0.1) is 0 Å². The van der Waals surface area contributed by atoms with E-state index in [4.69, 9.17) is 0 Å². The smallest absolute Gasteiger partial charge is 0.299 e. The predicted octanol–water partition coefficient (Wildman–Crippen LogP) is 4.57. The lowest BCUT2D eigenvalue weighted by Crippen LogP contribution is -2.50. The van der Waals surface area contributed by atoms with Crippen LogP contribution >= 0.6 is 0 Å². The highest BCUT2D eigenvalue weighted by molar-refractivity contribution is 5.56. The number of rotatable bonds is 6. The minimum atomic E-state index is -4.58. The van der Waals surface area contributed by atoms with Gasteiger partial charge in [0.1, 0.15) is 0 Å². The molecule has 4 unspecified atom stereocenters. The van der Waals surface area contributed by atoms with Gasteiger partial charge in [0, 0.05) is 37.4 Å². The number of aromatic nitrogens is 2. The van der Waals surface area contributed by atoms with E-state index >= 15 is 0 Å². The molecule has 6 rings (SSSR count). The quantitative estimate of drug-likeness (QED) is 0.527. The molecular formula is C30H42F3N7O. The molecule has 224 valence electrons. The number of nitriles is 1. The van der Waals surface area contributed by atoms with Crippen molar-refractivity contribution in [3.8, 4) is 6.07 Å². The molecule has 2 saturated heterocycles. The van der Waals surface area contributed by atoms with Gasteiger partial charge in [-0.3, -0.25) is 18.8 Å². The minimum Gasteiger partial charge on any atom is -0.299 e. The van der Waals surface area contributed by atoms with Crippen molar-refractivity contribution >= 4 is 5.52 Å². The van der Waals surface area contributed by atoms with Crippen LogP contribution in [0.15, 0.2) is 23.3 Å². The van der Waals surface area contributed by atoms with E-state index in [1.165, 1.54) is 27.7 Å². The van der Waals surface area contributed by atoms with E-state index < -0.39 is 17.4 Å². The van der Waals surface area contributed by atoms with Crippen molar-refractivity contribution in [1.29, 1.82) is 5.26 Å². The van der Waals surface area contributed by atoms with Gasteiger partial charge in [0.2, 0.25) is 0 Å². The van der Waals surface area contributed by atoms with Crippen molar-refractivity contribution in [3.63, 3.8) is 0 Å². The number of piperidine rings is 1. The Kier molecular flexibility index (Phi) is 7.96. The van der Waals surface area contributed by atoms with Gasteiger partial charge in [0.25, 0.3) is 0 Å². The van der Waals surface area contributed by atoms with Crippen LogP contribution in [0.4, 0.5) is 13.2 Å². The van der Waals surface area contributed by atoms with Gasteiger partial charge in [0.15, 0.2) is 0 Å². The summed E-state index contributed by atoms with van der Waals surface area (Å²) in [5.41, 5.74) is 5.85. The van der Waals surface area contributed by atoms with E-state index in [0.29, 0.717) is 42.7 Å². The Morgan fingerprint density at radius 3 is 2.56 bits per heavy atom. The first-order chi connectivity index (χ1) is 19.6. The van der Waals surface area contributed by atoms with Crippen molar-refractivity contribution in [2.45, 2.75) is 83.2 Å². The van der Waals surface area contributed by atoms with Gasteiger partial charge in [-0.2, -0.15) is 18.4 Å². The SMILES string of the molecule is C[C@H]1CCCN(Cc2cc(C(F)(F)F)c3cn(C4CC(C#N)CC([C@@H](C5CCC5)C5NNCN5C)C4)c(=O)n3c2)C1. The maximum atomic E-state index is 14.4. The molecule has 0 bridgehead atoms. The molecule has 2 aromatic heterocycles. The number of hydrogen-bond donors (Lipinski definition) is 2. The second kappa shape index (κ2) is 11.4. The molecule has 0 spiro atoms. The van der Waals surface area contributed by atoms with E-state index in [1.807, 2.05) is 0 Å². The van der Waals surface area contributed by atoms with E-state index in [0.717, 1.165) is 51.9 Å². The second-order valence-electron chi connectivity index (χ2n) is 13.2. The van der Waals surface area contributed by atoms with Crippen LogP contribution in [0.1, 0.15) is 75.5 Å². The summed E-state index contributed by atoms with van der Waals surface area (Å²) in [5, 5.41) is 10.0. The van der Waals surface area contributed by atoms with Gasteiger partial charge in [-0.05, 0) is 81.0 Å². The Morgan fingerprint density at radius 1 is 1.12 bits per heavy atom. The summed E-state index contributed by atoms with van der Waals surface area (Å²) in [6.45, 7) is 4.98. The largest absolute Gasteiger partial charge is 0.418 e. The Balaban J connectivity index is 1.35. The number of pyridine rings is 1. The molecule has 2 N–H and O–H groups in total. The molecule has 41 heavy (non-hydrogen) atoms. The standard InChI is InChI=1S/C30H42F3N7O/c1-19-5-4-8-38(14-19)15-21-11-25(30(31,32)33)26-17-39(29(41)40(26)16-21)24-10-20(13-34)9-23(12-24)27(22-6-3-7-22)28-36-35-18-37(28)2/h11,16-17,19-20,22-24,27-28,35-36H,3-10,12,14-15,18H2,1-2H3/t19-,20?,23?,24?,27+,28?/m0/s1. The minimum absolute atomic E-state index is 0.106. The molecule has 0 radical (unpaired) electrons. The third-order valence-corrected chi connectivity index (χ3v) is 10.3. The lowest BCUT2D eigenvalue weighted by Gasteiger charge is -2.46. The number of imidazole rings is 1. The Bertz CT molecular complexity index is 1340. The molecule has 2 aliphatic heterocycles. The summed E-state index contributed by atoms with van der Waals surface area (Å²) < 4.78 is 45.8. The molecular weight excluding hydrogens is 531 g/mol. The lowest BCUT2D eigenvalue weighted by atomic mass is 9.63. The number of likely N-dealkylation sites (tertiary alicyclic amines) is 1. The summed E-state index contributed by atoms with van der Waals surface area (Å²) in [6, 6.07) is 3.36. The predicted molar refractivity (Wildman–Crippen MR) is 149 cm³/mol. The Labute approximate surface area is 239 Å². The van der Waals surface area contributed by atoms with E-state index in [-0.39, 0.29) is 29.6 Å². The first kappa shape index (κ1) is 28.7. The van der Waals surface area contributed by atoms with Crippen LogP contribution in [-0.2, 0) is 12.7 Å². The molecule has 0 aromatic carbocycles. The van der Waals surface area contributed by atoms with E-state index in [2.05, 4.69) is 40.7 Å². The van der Waals surface area contributed by atoms with Gasteiger partial charge in [-0.25, -0.2) is 15.6 Å². The molecule has 4 heterocycles. The molecule has 2 aliphatic carbocycles. The highest BCUT2D eigenvalue weighted by atomic mass is 19.4. The van der Waals surface area contributed by atoms with Crippen molar-refractivity contribution in [2.24, 2.45) is 29.6 Å². The maximum Gasteiger partial charge on any atom is 0.418 e. The first-order valence-electron chi connectivity index (χ1n) is 15.3. The highest BCUT2D eigenvalue weighted by Gasteiger charge is 2.45. The fraction of sp³-hybridized carbons (Fsp3) is 0.733. The maximum absolute atomic E-state index is 14.4. The number of nitrogens with zero attached hydrogens (tertiary/aromatic N) is 5. The van der Waals surface area contributed by atoms with Crippen LogP contribution in [0.3, 0.4) is 0 Å². The number of hydrazine groups is 1. The van der Waals surface area contributed by atoms with E-state index in [1.54, 1.807) is 6.20 Å². The van der Waals surface area contributed by atoms with Crippen LogP contribution in [0.5, 0.6) is 0 Å². The van der Waals surface area contributed by atoms with Gasteiger partial charge < -0.3 is 0 Å². The number of alkyl halides is 3. The number of halogens is 3. The zero-order valence-corrected chi connectivity index (χ0v) is 24.0. The van der Waals surface area contributed by atoms with Crippen molar-refractivity contribution in [1.82, 2.24) is 29.6 Å². The van der Waals surface area contributed by atoms with Crippen LogP contribution in [-0.4, -0.2) is 51.7 Å². The third-order valence-electron chi connectivity index (χ3n) is 10.3. The Hall–Kier alpha value is -2.39.